The fourth-order valence-electron chi connectivity index (χ4n) is 2.70. The van der Waals surface area contributed by atoms with E-state index in [2.05, 4.69) is 25.3 Å². The van der Waals surface area contributed by atoms with Crippen LogP contribution in [0.25, 0.3) is 11.0 Å². The number of carboxylic acid groups (broad SMARTS) is 1. The zero-order chi connectivity index (χ0) is 14.5. The average Bonchev–Trinajstić information content (AvgIpc) is 3.17. The van der Waals surface area contributed by atoms with Crippen molar-refractivity contribution in [2.24, 2.45) is 0 Å². The van der Waals surface area contributed by atoms with Gasteiger partial charge in [0.15, 0.2) is 0 Å². The molecule has 2 aromatic rings. The summed E-state index contributed by atoms with van der Waals surface area (Å²) in [5.41, 5.74) is 1.82. The summed E-state index contributed by atoms with van der Waals surface area (Å²) in [6.45, 7) is 6.53. The maximum atomic E-state index is 11.4. The van der Waals surface area contributed by atoms with Crippen molar-refractivity contribution in [3.63, 3.8) is 0 Å². The van der Waals surface area contributed by atoms with E-state index >= 15 is 0 Å². The molecule has 3 rings (SSSR count). The summed E-state index contributed by atoms with van der Waals surface area (Å²) in [5, 5.41) is 9.35. The topological polar surface area (TPSA) is 55.1 Å². The van der Waals surface area contributed by atoms with Gasteiger partial charge in [0.25, 0.3) is 0 Å². The Bertz CT molecular complexity index is 681. The molecule has 1 aliphatic carbocycles. The minimum Gasteiger partial charge on any atom is -0.478 e. The number of para-hydroxylation sites is 1. The zero-order valence-electron chi connectivity index (χ0n) is 12.2. The Hall–Kier alpha value is -1.84. The summed E-state index contributed by atoms with van der Waals surface area (Å²) in [4.78, 5) is 16.1. The first kappa shape index (κ1) is 13.2. The van der Waals surface area contributed by atoms with Crippen molar-refractivity contribution in [2.75, 3.05) is 0 Å². The van der Waals surface area contributed by atoms with Gasteiger partial charge in [-0.25, -0.2) is 9.78 Å². The van der Waals surface area contributed by atoms with Gasteiger partial charge < -0.3 is 9.67 Å². The predicted octanol–water partition coefficient (Wildman–Crippen LogP) is 3.76. The summed E-state index contributed by atoms with van der Waals surface area (Å²) in [6.07, 6.45) is 3.30. The summed E-state index contributed by atoms with van der Waals surface area (Å²) in [5.74, 6) is 0.646. The van der Waals surface area contributed by atoms with Crippen LogP contribution < -0.4 is 0 Å². The second-order valence-electron chi connectivity index (χ2n) is 6.22. The van der Waals surface area contributed by atoms with Crippen molar-refractivity contribution in [1.29, 1.82) is 0 Å². The SMILES string of the molecule is CCC(C)(C)n1c(C2CC2)nc2c(C(=O)O)cccc21. The highest BCUT2D eigenvalue weighted by atomic mass is 16.4. The molecule has 1 N–H and O–H groups in total. The maximum absolute atomic E-state index is 11.4. The van der Waals surface area contributed by atoms with Gasteiger partial charge in [0.05, 0.1) is 11.1 Å². The Morgan fingerprint density at radius 2 is 2.15 bits per heavy atom. The lowest BCUT2D eigenvalue weighted by molar-refractivity contribution is 0.0699. The first-order chi connectivity index (χ1) is 9.45. The standard InChI is InChI=1S/C16H20N2O2/c1-4-16(2,3)18-12-7-5-6-11(15(19)20)13(12)17-14(18)10-8-9-10/h5-7,10H,4,8-9H2,1-3H3,(H,19,20). The molecule has 4 nitrogen and oxygen atoms in total. The molecule has 1 fully saturated rings. The molecule has 4 heteroatoms. The molecule has 0 unspecified atom stereocenters. The van der Waals surface area contributed by atoms with Gasteiger partial charge in [-0.1, -0.05) is 13.0 Å². The van der Waals surface area contributed by atoms with Crippen LogP contribution in [0.4, 0.5) is 0 Å². The van der Waals surface area contributed by atoms with Crippen molar-refractivity contribution < 1.29 is 9.90 Å². The minimum atomic E-state index is -0.906. The van der Waals surface area contributed by atoms with E-state index in [-0.39, 0.29) is 5.54 Å². The average molecular weight is 272 g/mol. The van der Waals surface area contributed by atoms with Gasteiger partial charge in [0, 0.05) is 11.5 Å². The van der Waals surface area contributed by atoms with E-state index in [9.17, 15) is 9.90 Å². The van der Waals surface area contributed by atoms with Crippen LogP contribution in [0.2, 0.25) is 0 Å². The first-order valence-corrected chi connectivity index (χ1v) is 7.21. The van der Waals surface area contributed by atoms with Crippen molar-refractivity contribution in [3.8, 4) is 0 Å². The highest BCUT2D eigenvalue weighted by Crippen LogP contribution is 2.43. The Balaban J connectivity index is 2.34. The van der Waals surface area contributed by atoms with Gasteiger partial charge in [0.1, 0.15) is 11.3 Å². The summed E-state index contributed by atoms with van der Waals surface area (Å²) < 4.78 is 2.26. The number of carboxylic acids is 1. The molecule has 1 aromatic carbocycles. The van der Waals surface area contributed by atoms with Crippen LogP contribution in [0, 0.1) is 0 Å². The molecule has 1 heterocycles. The smallest absolute Gasteiger partial charge is 0.337 e. The number of imidazole rings is 1. The molecular formula is C16H20N2O2. The number of aromatic nitrogens is 2. The maximum Gasteiger partial charge on any atom is 0.337 e. The van der Waals surface area contributed by atoms with E-state index < -0.39 is 5.97 Å². The van der Waals surface area contributed by atoms with Crippen LogP contribution in [-0.2, 0) is 5.54 Å². The zero-order valence-corrected chi connectivity index (χ0v) is 12.2. The Morgan fingerprint density at radius 1 is 1.45 bits per heavy atom. The fourth-order valence-corrected chi connectivity index (χ4v) is 2.70. The molecule has 1 aromatic heterocycles. The monoisotopic (exact) mass is 272 g/mol. The van der Waals surface area contributed by atoms with Crippen LogP contribution in [-0.4, -0.2) is 20.6 Å². The molecule has 0 saturated heterocycles. The third-order valence-electron chi connectivity index (χ3n) is 4.35. The fraction of sp³-hybridized carbons (Fsp3) is 0.500. The third-order valence-corrected chi connectivity index (χ3v) is 4.35. The van der Waals surface area contributed by atoms with E-state index in [0.717, 1.165) is 30.6 Å². The van der Waals surface area contributed by atoms with Gasteiger partial charge >= 0.3 is 5.97 Å². The first-order valence-electron chi connectivity index (χ1n) is 7.21. The largest absolute Gasteiger partial charge is 0.478 e. The lowest BCUT2D eigenvalue weighted by atomic mass is 10.0. The van der Waals surface area contributed by atoms with Crippen LogP contribution in [0.1, 0.15) is 62.1 Å². The number of aromatic carboxylic acids is 1. The summed E-state index contributed by atoms with van der Waals surface area (Å²) in [7, 11) is 0. The molecule has 0 amide bonds. The van der Waals surface area contributed by atoms with Crippen molar-refractivity contribution >= 4 is 17.0 Å². The second-order valence-corrected chi connectivity index (χ2v) is 6.22. The van der Waals surface area contributed by atoms with Gasteiger partial charge in [-0.05, 0) is 45.2 Å². The molecule has 20 heavy (non-hydrogen) atoms. The molecule has 0 bridgehead atoms. The lowest BCUT2D eigenvalue weighted by Crippen LogP contribution is -2.27. The van der Waals surface area contributed by atoms with Crippen molar-refractivity contribution in [1.82, 2.24) is 9.55 Å². The molecule has 0 radical (unpaired) electrons. The van der Waals surface area contributed by atoms with E-state index in [1.165, 1.54) is 0 Å². The van der Waals surface area contributed by atoms with E-state index in [1.54, 1.807) is 6.07 Å². The quantitative estimate of drug-likeness (QED) is 0.922. The highest BCUT2D eigenvalue weighted by Gasteiger charge is 2.34. The molecular weight excluding hydrogens is 252 g/mol. The van der Waals surface area contributed by atoms with Crippen LogP contribution in [0.5, 0.6) is 0 Å². The van der Waals surface area contributed by atoms with Crippen LogP contribution in [0.3, 0.4) is 0 Å². The van der Waals surface area contributed by atoms with Crippen molar-refractivity contribution in [2.45, 2.75) is 51.5 Å². The van der Waals surface area contributed by atoms with Crippen LogP contribution >= 0.6 is 0 Å². The van der Waals surface area contributed by atoms with Gasteiger partial charge in [-0.3, -0.25) is 0 Å². The normalized spacial score (nSPS) is 15.8. The molecule has 1 aliphatic rings. The number of benzene rings is 1. The molecule has 1 saturated carbocycles. The van der Waals surface area contributed by atoms with E-state index in [4.69, 9.17) is 4.98 Å². The summed E-state index contributed by atoms with van der Waals surface area (Å²) in [6, 6.07) is 5.43. The van der Waals surface area contributed by atoms with E-state index in [0.29, 0.717) is 17.0 Å². The number of hydrogen-bond acceptors (Lipinski definition) is 2. The second kappa shape index (κ2) is 4.33. The van der Waals surface area contributed by atoms with Crippen LogP contribution in [0.15, 0.2) is 18.2 Å². The molecule has 0 atom stereocenters. The number of nitrogens with zero attached hydrogens (tertiary/aromatic N) is 2. The molecule has 0 spiro atoms. The number of fused-ring (bicyclic) bond motifs is 1. The van der Waals surface area contributed by atoms with Gasteiger partial charge in [0.2, 0.25) is 0 Å². The van der Waals surface area contributed by atoms with Gasteiger partial charge in [-0.15, -0.1) is 0 Å². The Labute approximate surface area is 118 Å². The molecule has 106 valence electrons. The van der Waals surface area contributed by atoms with E-state index in [1.807, 2.05) is 12.1 Å². The minimum absolute atomic E-state index is 0.0518. The Kier molecular flexibility index (Phi) is 2.85. The number of carbonyl (C=O) groups is 1. The Morgan fingerprint density at radius 3 is 2.70 bits per heavy atom. The highest BCUT2D eigenvalue weighted by molar-refractivity contribution is 6.01. The van der Waals surface area contributed by atoms with Gasteiger partial charge in [-0.2, -0.15) is 0 Å². The predicted molar refractivity (Wildman–Crippen MR) is 78.3 cm³/mol. The third kappa shape index (κ3) is 1.90. The molecule has 0 aliphatic heterocycles. The summed E-state index contributed by atoms with van der Waals surface area (Å²) >= 11 is 0. The van der Waals surface area contributed by atoms with Crippen molar-refractivity contribution in [3.05, 3.63) is 29.6 Å². The lowest BCUT2D eigenvalue weighted by Gasteiger charge is -2.28. The number of hydrogen-bond donors (Lipinski definition) is 1. The number of rotatable bonds is 4.